The van der Waals surface area contributed by atoms with E-state index in [4.69, 9.17) is 5.11 Å². The summed E-state index contributed by atoms with van der Waals surface area (Å²) in [5, 5.41) is 12.3. The Labute approximate surface area is 74.0 Å². The van der Waals surface area contributed by atoms with Gasteiger partial charge in [-0.05, 0) is 25.3 Å². The summed E-state index contributed by atoms with van der Waals surface area (Å²) >= 11 is 0. The minimum atomic E-state index is 0.411. The predicted molar refractivity (Wildman–Crippen MR) is 51.1 cm³/mol. The average Bonchev–Trinajstić information content (AvgIpc) is 2.69. The summed E-state index contributed by atoms with van der Waals surface area (Å²) in [4.78, 5) is 0. The van der Waals surface area contributed by atoms with Crippen LogP contribution < -0.4 is 5.32 Å². The molecule has 1 rings (SSSR count). The topological polar surface area (TPSA) is 32.3 Å². The zero-order valence-electron chi connectivity index (χ0n) is 7.80. The highest BCUT2D eigenvalue weighted by molar-refractivity contribution is 5.23. The van der Waals surface area contributed by atoms with Crippen molar-refractivity contribution >= 4 is 0 Å². The third kappa shape index (κ3) is 4.19. The first-order valence-electron chi connectivity index (χ1n) is 4.44. The molecule has 0 aromatic carbocycles. The second-order valence-corrected chi connectivity index (χ2v) is 3.48. The molecule has 1 unspecified atom stereocenters. The Morgan fingerprint density at radius 2 is 2.50 bits per heavy atom. The van der Waals surface area contributed by atoms with Gasteiger partial charge < -0.3 is 10.4 Å². The Morgan fingerprint density at radius 1 is 1.83 bits per heavy atom. The van der Waals surface area contributed by atoms with E-state index in [-0.39, 0.29) is 0 Å². The Balaban J connectivity index is 2.04. The number of aliphatic hydroxyl groups excluding tert-OH is 1. The number of allylic oxidation sites excluding steroid dienone is 2. The van der Waals surface area contributed by atoms with Gasteiger partial charge in [-0.3, -0.25) is 0 Å². The van der Waals surface area contributed by atoms with Crippen molar-refractivity contribution in [3.8, 4) is 0 Å². The van der Waals surface area contributed by atoms with E-state index in [1.54, 1.807) is 6.92 Å². The van der Waals surface area contributed by atoms with E-state index in [0.717, 1.165) is 13.1 Å². The lowest BCUT2D eigenvalue weighted by atomic mass is 10.1. The van der Waals surface area contributed by atoms with Crippen molar-refractivity contribution in [2.24, 2.45) is 5.92 Å². The molecule has 1 aliphatic rings. The molecule has 0 bridgehead atoms. The predicted octanol–water partition coefficient (Wildman–Crippen LogP) is 2.00. The van der Waals surface area contributed by atoms with Gasteiger partial charge in [-0.1, -0.05) is 18.6 Å². The van der Waals surface area contributed by atoms with Crippen LogP contribution in [0, 0.1) is 5.92 Å². The van der Waals surface area contributed by atoms with Crippen LogP contribution in [0.3, 0.4) is 0 Å². The highest BCUT2D eigenvalue weighted by atomic mass is 16.3. The fraction of sp³-hybridized carbons (Fsp3) is 0.600. The van der Waals surface area contributed by atoms with Crippen molar-refractivity contribution in [1.82, 2.24) is 5.32 Å². The van der Waals surface area contributed by atoms with Crippen molar-refractivity contribution < 1.29 is 5.11 Å². The molecule has 0 spiro atoms. The van der Waals surface area contributed by atoms with E-state index in [9.17, 15) is 0 Å². The molecule has 0 aromatic rings. The van der Waals surface area contributed by atoms with Gasteiger partial charge in [-0.15, -0.1) is 0 Å². The van der Waals surface area contributed by atoms with Gasteiger partial charge in [-0.25, -0.2) is 0 Å². The molecule has 0 aliphatic heterocycles. The standard InChI is InChI=1S/C10H17NO/c1-8(5-9(2)12)6-11-7-10-3-4-10/h3,5,8,11-12H,4,6-7H2,1-2H3/b9-5+. The van der Waals surface area contributed by atoms with E-state index in [0.29, 0.717) is 11.7 Å². The second-order valence-electron chi connectivity index (χ2n) is 3.48. The van der Waals surface area contributed by atoms with Crippen LogP contribution in [0.15, 0.2) is 23.5 Å². The summed E-state index contributed by atoms with van der Waals surface area (Å²) in [5.74, 6) is 0.823. The lowest BCUT2D eigenvalue weighted by Crippen LogP contribution is -2.20. The van der Waals surface area contributed by atoms with E-state index < -0.39 is 0 Å². The third-order valence-electron chi connectivity index (χ3n) is 1.84. The van der Waals surface area contributed by atoms with E-state index in [1.165, 1.54) is 12.0 Å². The second kappa shape index (κ2) is 4.31. The van der Waals surface area contributed by atoms with E-state index in [2.05, 4.69) is 18.3 Å². The molecule has 0 amide bonds. The van der Waals surface area contributed by atoms with Crippen LogP contribution in [0.2, 0.25) is 0 Å². The summed E-state index contributed by atoms with van der Waals surface area (Å²) < 4.78 is 0. The Hall–Kier alpha value is -0.760. The first kappa shape index (κ1) is 9.33. The first-order chi connectivity index (χ1) is 5.68. The Bertz CT molecular complexity index is 202. The Morgan fingerprint density at radius 3 is 3.00 bits per heavy atom. The van der Waals surface area contributed by atoms with Crippen LogP contribution in [0.1, 0.15) is 20.3 Å². The summed E-state index contributed by atoms with van der Waals surface area (Å²) in [6.45, 7) is 5.76. The van der Waals surface area contributed by atoms with Gasteiger partial charge in [0.05, 0.1) is 5.76 Å². The molecule has 0 heterocycles. The van der Waals surface area contributed by atoms with E-state index >= 15 is 0 Å². The van der Waals surface area contributed by atoms with Gasteiger partial charge in [0.15, 0.2) is 0 Å². The summed E-state index contributed by atoms with van der Waals surface area (Å²) in [6.07, 6.45) is 5.29. The molecule has 0 fully saturated rings. The highest BCUT2D eigenvalue weighted by Gasteiger charge is 2.06. The summed E-state index contributed by atoms with van der Waals surface area (Å²) in [7, 11) is 0. The molecule has 68 valence electrons. The van der Waals surface area contributed by atoms with Crippen molar-refractivity contribution in [3.05, 3.63) is 23.5 Å². The molecule has 0 saturated heterocycles. The van der Waals surface area contributed by atoms with Gasteiger partial charge in [0.2, 0.25) is 0 Å². The normalized spacial score (nSPS) is 18.8. The average molecular weight is 167 g/mol. The Kier molecular flexibility index (Phi) is 3.35. The van der Waals surface area contributed by atoms with E-state index in [1.807, 2.05) is 6.08 Å². The maximum absolute atomic E-state index is 8.97. The fourth-order valence-corrected chi connectivity index (χ4v) is 1.15. The lowest BCUT2D eigenvalue weighted by molar-refractivity contribution is 0.405. The largest absolute Gasteiger partial charge is 0.513 e. The maximum Gasteiger partial charge on any atom is 0.0855 e. The summed E-state index contributed by atoms with van der Waals surface area (Å²) in [6, 6.07) is 0. The van der Waals surface area contributed by atoms with Gasteiger partial charge in [-0.2, -0.15) is 0 Å². The van der Waals surface area contributed by atoms with Crippen LogP contribution in [0.25, 0.3) is 0 Å². The number of hydrogen-bond donors (Lipinski definition) is 2. The third-order valence-corrected chi connectivity index (χ3v) is 1.84. The zero-order valence-corrected chi connectivity index (χ0v) is 7.80. The van der Waals surface area contributed by atoms with Crippen molar-refractivity contribution in [3.63, 3.8) is 0 Å². The first-order valence-corrected chi connectivity index (χ1v) is 4.44. The van der Waals surface area contributed by atoms with Crippen molar-refractivity contribution in [2.45, 2.75) is 20.3 Å². The molecule has 0 aromatic heterocycles. The molecule has 2 heteroatoms. The van der Waals surface area contributed by atoms with Crippen LogP contribution in [-0.2, 0) is 0 Å². The maximum atomic E-state index is 8.97. The molecule has 2 N–H and O–H groups in total. The minimum Gasteiger partial charge on any atom is -0.513 e. The number of nitrogens with one attached hydrogen (secondary N) is 1. The minimum absolute atomic E-state index is 0.411. The number of rotatable bonds is 5. The molecule has 2 nitrogen and oxygen atoms in total. The highest BCUT2D eigenvalue weighted by Crippen LogP contribution is 2.16. The molecular formula is C10H17NO. The van der Waals surface area contributed by atoms with Gasteiger partial charge in [0.25, 0.3) is 0 Å². The molecule has 1 aliphatic carbocycles. The zero-order chi connectivity index (χ0) is 8.97. The molecule has 1 atom stereocenters. The molecule has 0 saturated carbocycles. The van der Waals surface area contributed by atoms with Crippen LogP contribution in [0.4, 0.5) is 0 Å². The number of aliphatic hydroxyl groups is 1. The smallest absolute Gasteiger partial charge is 0.0855 e. The summed E-state index contributed by atoms with van der Waals surface area (Å²) in [5.41, 5.74) is 1.51. The van der Waals surface area contributed by atoms with Gasteiger partial charge in [0.1, 0.15) is 0 Å². The quantitative estimate of drug-likeness (QED) is 0.485. The molecular weight excluding hydrogens is 150 g/mol. The monoisotopic (exact) mass is 167 g/mol. The SMILES string of the molecule is C/C(O)=C\C(C)CNCC1=CC1. The lowest BCUT2D eigenvalue weighted by Gasteiger charge is -2.06. The van der Waals surface area contributed by atoms with Crippen LogP contribution >= 0.6 is 0 Å². The van der Waals surface area contributed by atoms with Crippen LogP contribution in [-0.4, -0.2) is 18.2 Å². The van der Waals surface area contributed by atoms with Crippen LogP contribution in [0.5, 0.6) is 0 Å². The molecule has 0 radical (unpaired) electrons. The van der Waals surface area contributed by atoms with Crippen molar-refractivity contribution in [1.29, 1.82) is 0 Å². The van der Waals surface area contributed by atoms with Gasteiger partial charge >= 0.3 is 0 Å². The van der Waals surface area contributed by atoms with Gasteiger partial charge in [0, 0.05) is 13.1 Å². The fourth-order valence-electron chi connectivity index (χ4n) is 1.15. The number of hydrogen-bond acceptors (Lipinski definition) is 2. The van der Waals surface area contributed by atoms with Crippen molar-refractivity contribution in [2.75, 3.05) is 13.1 Å². The molecule has 12 heavy (non-hydrogen) atoms.